The van der Waals surface area contributed by atoms with Gasteiger partial charge in [-0.05, 0) is 52.3 Å². The predicted octanol–water partition coefficient (Wildman–Crippen LogP) is 5.62. The molecule has 0 aliphatic heterocycles. The highest BCUT2D eigenvalue weighted by molar-refractivity contribution is 7.99. The Labute approximate surface area is 227 Å². The molecule has 0 bridgehead atoms. The number of benzene rings is 2. The van der Waals surface area contributed by atoms with Crippen LogP contribution in [0.3, 0.4) is 0 Å². The largest absolute Gasteiger partial charge is 0.445 e. The topological polar surface area (TPSA) is 84.5 Å². The molecule has 2 atom stereocenters. The van der Waals surface area contributed by atoms with Crippen LogP contribution in [0.25, 0.3) is 0 Å². The second kappa shape index (κ2) is 15.2. The van der Waals surface area contributed by atoms with E-state index < -0.39 is 18.2 Å². The van der Waals surface area contributed by atoms with Crippen LogP contribution in [0, 0.1) is 5.92 Å². The molecule has 0 aliphatic carbocycles. The second-order valence-corrected chi connectivity index (χ2v) is 11.0. The number of alkyl carbamates (subject to hydrolysis) is 1. The number of hydrogen-bond donors (Lipinski definition) is 2. The Hall–Kier alpha value is -3.10. The molecule has 6 nitrogen and oxygen atoms in total. The summed E-state index contributed by atoms with van der Waals surface area (Å²) in [6.45, 7) is 4.06. The first-order valence-corrected chi connectivity index (χ1v) is 14.4. The van der Waals surface area contributed by atoms with Gasteiger partial charge in [-0.2, -0.15) is 11.3 Å². The number of thioether (sulfide) groups is 1. The molecule has 2 aromatic carbocycles. The Balaban J connectivity index is 1.63. The number of carbonyl (C=O) groups is 3. The minimum Gasteiger partial charge on any atom is -0.445 e. The van der Waals surface area contributed by atoms with Crippen molar-refractivity contribution in [3.05, 3.63) is 94.2 Å². The van der Waals surface area contributed by atoms with E-state index in [0.717, 1.165) is 16.9 Å². The Morgan fingerprint density at radius 1 is 0.865 bits per heavy atom. The summed E-state index contributed by atoms with van der Waals surface area (Å²) in [4.78, 5) is 39.0. The van der Waals surface area contributed by atoms with E-state index in [4.69, 9.17) is 4.74 Å². The van der Waals surface area contributed by atoms with E-state index in [-0.39, 0.29) is 30.0 Å². The molecule has 0 saturated heterocycles. The standard InChI is InChI=1S/C29H34N2O4S2/c1-21(2)15-26(31-29(34)35-17-23-11-7-4-8-12-23)28(33)30-25(16-22-9-5-3-6-10-22)27(32)20-37-19-24-13-14-36-18-24/h3-14,18,21,25-26H,15-17,19-20H2,1-2H3,(H,30,33)(H,31,34)/t25-,26-/m0/s1. The Bertz CT molecular complexity index is 1110. The van der Waals surface area contributed by atoms with Gasteiger partial charge in [-0.3, -0.25) is 9.59 Å². The van der Waals surface area contributed by atoms with E-state index in [9.17, 15) is 14.4 Å². The number of ketones is 1. The lowest BCUT2D eigenvalue weighted by atomic mass is 10.00. The van der Waals surface area contributed by atoms with Crippen molar-refractivity contribution in [2.45, 2.75) is 51.1 Å². The van der Waals surface area contributed by atoms with Crippen molar-refractivity contribution in [2.75, 3.05) is 5.75 Å². The summed E-state index contributed by atoms with van der Waals surface area (Å²) in [6, 6.07) is 19.5. The van der Waals surface area contributed by atoms with Crippen LogP contribution in [0.1, 0.15) is 37.0 Å². The number of hydrogen-bond acceptors (Lipinski definition) is 6. The fraction of sp³-hybridized carbons (Fsp3) is 0.345. The quantitative estimate of drug-likeness (QED) is 0.278. The van der Waals surface area contributed by atoms with Gasteiger partial charge in [0.1, 0.15) is 12.6 Å². The average Bonchev–Trinajstić information content (AvgIpc) is 3.41. The maximum atomic E-state index is 13.3. The van der Waals surface area contributed by atoms with Crippen LogP contribution in [0.2, 0.25) is 0 Å². The molecular formula is C29H34N2O4S2. The van der Waals surface area contributed by atoms with Crippen molar-refractivity contribution >= 4 is 40.9 Å². The van der Waals surface area contributed by atoms with Crippen molar-refractivity contribution < 1.29 is 19.1 Å². The number of rotatable bonds is 14. The van der Waals surface area contributed by atoms with Gasteiger partial charge in [0.2, 0.25) is 5.91 Å². The van der Waals surface area contributed by atoms with Crippen molar-refractivity contribution in [1.82, 2.24) is 10.6 Å². The highest BCUT2D eigenvalue weighted by atomic mass is 32.2. The van der Waals surface area contributed by atoms with Crippen molar-refractivity contribution in [3.8, 4) is 0 Å². The highest BCUT2D eigenvalue weighted by Gasteiger charge is 2.28. The summed E-state index contributed by atoms with van der Waals surface area (Å²) >= 11 is 3.17. The molecule has 1 aromatic heterocycles. The molecule has 0 unspecified atom stereocenters. The fourth-order valence-electron chi connectivity index (χ4n) is 3.72. The van der Waals surface area contributed by atoms with Gasteiger partial charge in [-0.1, -0.05) is 74.5 Å². The van der Waals surface area contributed by atoms with Crippen LogP contribution in [-0.4, -0.2) is 35.6 Å². The van der Waals surface area contributed by atoms with E-state index in [1.165, 1.54) is 17.3 Å². The van der Waals surface area contributed by atoms with E-state index in [0.29, 0.717) is 12.8 Å². The molecule has 0 fully saturated rings. The minimum absolute atomic E-state index is 0.0487. The van der Waals surface area contributed by atoms with Gasteiger partial charge >= 0.3 is 6.09 Å². The fourth-order valence-corrected chi connectivity index (χ4v) is 5.42. The number of amides is 2. The molecular weight excluding hydrogens is 504 g/mol. The van der Waals surface area contributed by atoms with E-state index >= 15 is 0 Å². The zero-order valence-electron chi connectivity index (χ0n) is 21.2. The maximum absolute atomic E-state index is 13.3. The molecule has 2 amide bonds. The van der Waals surface area contributed by atoms with Gasteiger partial charge in [-0.15, -0.1) is 11.8 Å². The SMILES string of the molecule is CC(C)C[C@H](NC(=O)OCc1ccccc1)C(=O)N[C@@H](Cc1ccccc1)C(=O)CSCc1ccsc1. The third-order valence-electron chi connectivity index (χ3n) is 5.61. The van der Waals surface area contributed by atoms with Gasteiger partial charge < -0.3 is 15.4 Å². The summed E-state index contributed by atoms with van der Waals surface area (Å²) in [6.07, 6.45) is 0.143. The summed E-state index contributed by atoms with van der Waals surface area (Å²) < 4.78 is 5.33. The Morgan fingerprint density at radius 2 is 1.54 bits per heavy atom. The van der Waals surface area contributed by atoms with Gasteiger partial charge in [-0.25, -0.2) is 4.79 Å². The monoisotopic (exact) mass is 538 g/mol. The summed E-state index contributed by atoms with van der Waals surface area (Å²) in [5, 5.41) is 9.71. The second-order valence-electron chi connectivity index (χ2n) is 9.23. The number of carbonyl (C=O) groups excluding carboxylic acids is 3. The first kappa shape index (κ1) is 28.5. The lowest BCUT2D eigenvalue weighted by Gasteiger charge is -2.24. The first-order chi connectivity index (χ1) is 17.9. The van der Waals surface area contributed by atoms with Crippen molar-refractivity contribution in [1.29, 1.82) is 0 Å². The lowest BCUT2D eigenvalue weighted by molar-refractivity contribution is -0.128. The number of Topliss-reactive ketones (excluding diaryl/α,β-unsaturated/α-hetero) is 1. The molecule has 3 rings (SSSR count). The molecule has 0 spiro atoms. The molecule has 0 saturated carbocycles. The van der Waals surface area contributed by atoms with E-state index in [1.54, 1.807) is 11.3 Å². The third-order valence-corrected chi connectivity index (χ3v) is 7.37. The molecule has 8 heteroatoms. The number of ether oxygens (including phenoxy) is 1. The van der Waals surface area contributed by atoms with Crippen LogP contribution >= 0.6 is 23.1 Å². The minimum atomic E-state index is -0.812. The molecule has 196 valence electrons. The average molecular weight is 539 g/mol. The van der Waals surface area contributed by atoms with Gasteiger partial charge in [0.25, 0.3) is 0 Å². The maximum Gasteiger partial charge on any atom is 0.408 e. The molecule has 1 heterocycles. The zero-order valence-corrected chi connectivity index (χ0v) is 22.9. The van der Waals surface area contributed by atoms with Crippen LogP contribution in [0.4, 0.5) is 4.79 Å². The third kappa shape index (κ3) is 10.4. The van der Waals surface area contributed by atoms with Crippen LogP contribution in [0.15, 0.2) is 77.5 Å². The van der Waals surface area contributed by atoms with Crippen LogP contribution < -0.4 is 10.6 Å². The smallest absolute Gasteiger partial charge is 0.408 e. The van der Waals surface area contributed by atoms with Crippen LogP contribution in [0.5, 0.6) is 0 Å². The molecule has 0 radical (unpaired) electrons. The van der Waals surface area contributed by atoms with Crippen LogP contribution in [-0.2, 0) is 33.1 Å². The van der Waals surface area contributed by atoms with Gasteiger partial charge in [0.15, 0.2) is 5.78 Å². The van der Waals surface area contributed by atoms with Crippen molar-refractivity contribution in [2.24, 2.45) is 5.92 Å². The summed E-state index contributed by atoms with van der Waals surface area (Å²) in [7, 11) is 0. The normalized spacial score (nSPS) is 12.5. The Morgan fingerprint density at radius 3 is 2.16 bits per heavy atom. The number of thiophene rings is 1. The van der Waals surface area contributed by atoms with Gasteiger partial charge in [0.05, 0.1) is 11.8 Å². The molecule has 3 aromatic rings. The Kier molecular flexibility index (Phi) is 11.7. The predicted molar refractivity (Wildman–Crippen MR) is 151 cm³/mol. The lowest BCUT2D eigenvalue weighted by Crippen LogP contribution is -2.53. The summed E-state index contributed by atoms with van der Waals surface area (Å²) in [5.41, 5.74) is 3.00. The van der Waals surface area contributed by atoms with Crippen molar-refractivity contribution in [3.63, 3.8) is 0 Å². The molecule has 0 aliphatic rings. The van der Waals surface area contributed by atoms with E-state index in [2.05, 4.69) is 16.0 Å². The zero-order chi connectivity index (χ0) is 26.5. The number of nitrogens with one attached hydrogen (secondary N) is 2. The van der Waals surface area contributed by atoms with E-state index in [1.807, 2.05) is 86.0 Å². The highest BCUT2D eigenvalue weighted by Crippen LogP contribution is 2.16. The first-order valence-electron chi connectivity index (χ1n) is 12.3. The van der Waals surface area contributed by atoms with Gasteiger partial charge in [0, 0.05) is 5.75 Å². The molecule has 37 heavy (non-hydrogen) atoms. The summed E-state index contributed by atoms with van der Waals surface area (Å²) in [5.74, 6) is 0.741. The molecule has 2 N–H and O–H groups in total.